The van der Waals surface area contributed by atoms with Gasteiger partial charge in [-0.05, 0) is 26.0 Å². The predicted octanol–water partition coefficient (Wildman–Crippen LogP) is 3.18. The second-order valence-corrected chi connectivity index (χ2v) is 5.16. The topological polar surface area (TPSA) is 12.5 Å². The van der Waals surface area contributed by atoms with E-state index in [1.807, 2.05) is 6.07 Å². The zero-order valence-electron chi connectivity index (χ0n) is 10.2. The number of morpholine rings is 1. The highest BCUT2D eigenvalue weighted by molar-refractivity contribution is 6.17. The second kappa shape index (κ2) is 4.83. The van der Waals surface area contributed by atoms with Crippen molar-refractivity contribution in [3.05, 3.63) is 29.6 Å². The molecule has 17 heavy (non-hydrogen) atoms. The van der Waals surface area contributed by atoms with Crippen molar-refractivity contribution in [1.29, 1.82) is 0 Å². The van der Waals surface area contributed by atoms with Crippen molar-refractivity contribution in [3.63, 3.8) is 0 Å². The molecule has 2 rings (SSSR count). The molecule has 0 saturated carbocycles. The van der Waals surface area contributed by atoms with Gasteiger partial charge in [0.15, 0.2) is 0 Å². The van der Waals surface area contributed by atoms with Crippen molar-refractivity contribution in [3.8, 4) is 0 Å². The molecule has 1 saturated heterocycles. The first-order chi connectivity index (χ1) is 8.06. The first kappa shape index (κ1) is 12.7. The van der Waals surface area contributed by atoms with Crippen molar-refractivity contribution in [2.75, 3.05) is 24.7 Å². The summed E-state index contributed by atoms with van der Waals surface area (Å²) in [5, 5.41) is 0. The molecule has 4 heteroatoms. The van der Waals surface area contributed by atoms with Crippen LogP contribution in [0, 0.1) is 5.82 Å². The molecule has 0 N–H and O–H groups in total. The Labute approximate surface area is 106 Å². The van der Waals surface area contributed by atoms with E-state index >= 15 is 0 Å². The molecule has 1 aliphatic rings. The van der Waals surface area contributed by atoms with Crippen LogP contribution in [0.1, 0.15) is 19.4 Å². The fraction of sp³-hybridized carbons (Fsp3) is 0.538. The normalized spacial score (nSPS) is 19.4. The number of ether oxygens (including phenoxy) is 1. The second-order valence-electron chi connectivity index (χ2n) is 4.89. The number of alkyl halides is 1. The molecule has 1 fully saturated rings. The molecule has 0 bridgehead atoms. The summed E-state index contributed by atoms with van der Waals surface area (Å²) in [7, 11) is 0. The summed E-state index contributed by atoms with van der Waals surface area (Å²) >= 11 is 5.85. The minimum Gasteiger partial charge on any atom is -0.377 e. The third kappa shape index (κ3) is 2.40. The van der Waals surface area contributed by atoms with Crippen LogP contribution in [0.3, 0.4) is 0 Å². The Morgan fingerprint density at radius 3 is 2.88 bits per heavy atom. The molecule has 0 amide bonds. The van der Waals surface area contributed by atoms with Gasteiger partial charge in [-0.15, -0.1) is 11.6 Å². The fourth-order valence-corrected chi connectivity index (χ4v) is 2.50. The standard InChI is InChI=1S/C13H17ClFNO/c1-13(2)9-17-7-6-16(13)12-5-3-4-11(15)10(12)8-14/h3-5H,6-9H2,1-2H3. The minimum atomic E-state index is -0.236. The van der Waals surface area contributed by atoms with Gasteiger partial charge in [0.1, 0.15) is 5.82 Å². The first-order valence-electron chi connectivity index (χ1n) is 5.75. The maximum absolute atomic E-state index is 13.7. The average molecular weight is 258 g/mol. The molecule has 2 nitrogen and oxygen atoms in total. The number of hydrogen-bond donors (Lipinski definition) is 0. The van der Waals surface area contributed by atoms with Gasteiger partial charge in [0.25, 0.3) is 0 Å². The van der Waals surface area contributed by atoms with Gasteiger partial charge in [-0.2, -0.15) is 0 Å². The van der Waals surface area contributed by atoms with Gasteiger partial charge in [0.2, 0.25) is 0 Å². The molecule has 1 aromatic rings. The van der Waals surface area contributed by atoms with E-state index in [0.29, 0.717) is 18.8 Å². The molecular weight excluding hydrogens is 241 g/mol. The van der Waals surface area contributed by atoms with E-state index in [4.69, 9.17) is 16.3 Å². The maximum Gasteiger partial charge on any atom is 0.129 e. The molecular formula is C13H17ClFNO. The summed E-state index contributed by atoms with van der Waals surface area (Å²) in [5.74, 6) is -0.0464. The van der Waals surface area contributed by atoms with E-state index < -0.39 is 0 Å². The van der Waals surface area contributed by atoms with Gasteiger partial charge in [-0.1, -0.05) is 6.07 Å². The lowest BCUT2D eigenvalue weighted by atomic mass is 10.00. The number of halogens is 2. The Balaban J connectivity index is 2.42. The third-order valence-electron chi connectivity index (χ3n) is 3.16. The highest BCUT2D eigenvalue weighted by Crippen LogP contribution is 2.32. The van der Waals surface area contributed by atoms with E-state index in [-0.39, 0.29) is 17.2 Å². The number of anilines is 1. The highest BCUT2D eigenvalue weighted by atomic mass is 35.5. The van der Waals surface area contributed by atoms with E-state index in [0.717, 1.165) is 12.2 Å². The zero-order valence-corrected chi connectivity index (χ0v) is 10.9. The number of benzene rings is 1. The van der Waals surface area contributed by atoms with Crippen LogP contribution in [0.2, 0.25) is 0 Å². The lowest BCUT2D eigenvalue weighted by Crippen LogP contribution is -2.53. The summed E-state index contributed by atoms with van der Waals surface area (Å²) in [4.78, 5) is 2.18. The monoisotopic (exact) mass is 257 g/mol. The van der Waals surface area contributed by atoms with Crippen molar-refractivity contribution in [1.82, 2.24) is 0 Å². The maximum atomic E-state index is 13.7. The van der Waals surface area contributed by atoms with Crippen molar-refractivity contribution >= 4 is 17.3 Å². The molecule has 1 aromatic carbocycles. The van der Waals surface area contributed by atoms with Crippen molar-refractivity contribution in [2.45, 2.75) is 25.3 Å². The lowest BCUT2D eigenvalue weighted by molar-refractivity contribution is 0.0643. The minimum absolute atomic E-state index is 0.132. The summed E-state index contributed by atoms with van der Waals surface area (Å²) in [6.07, 6.45) is 0. The zero-order chi connectivity index (χ0) is 12.5. The van der Waals surface area contributed by atoms with Crippen LogP contribution in [0.4, 0.5) is 10.1 Å². The van der Waals surface area contributed by atoms with Gasteiger partial charge in [0, 0.05) is 17.8 Å². The lowest BCUT2D eigenvalue weighted by Gasteiger charge is -2.44. The molecule has 1 aliphatic heterocycles. The summed E-state index contributed by atoms with van der Waals surface area (Å²) < 4.78 is 19.2. The van der Waals surface area contributed by atoms with Gasteiger partial charge >= 0.3 is 0 Å². The van der Waals surface area contributed by atoms with Crippen LogP contribution in [-0.2, 0) is 10.6 Å². The Kier molecular flexibility index (Phi) is 3.59. The summed E-state index contributed by atoms with van der Waals surface area (Å²) in [6, 6.07) is 5.11. The summed E-state index contributed by atoms with van der Waals surface area (Å²) in [5.41, 5.74) is 1.32. The van der Waals surface area contributed by atoms with Crippen LogP contribution in [0.15, 0.2) is 18.2 Å². The van der Waals surface area contributed by atoms with Gasteiger partial charge in [-0.25, -0.2) is 4.39 Å². The van der Waals surface area contributed by atoms with E-state index in [2.05, 4.69) is 18.7 Å². The van der Waals surface area contributed by atoms with Crippen LogP contribution in [-0.4, -0.2) is 25.3 Å². The number of hydrogen-bond acceptors (Lipinski definition) is 2. The number of rotatable bonds is 2. The van der Waals surface area contributed by atoms with Crippen molar-refractivity contribution in [2.24, 2.45) is 0 Å². The van der Waals surface area contributed by atoms with Crippen LogP contribution < -0.4 is 4.90 Å². The Morgan fingerprint density at radius 2 is 2.24 bits per heavy atom. The van der Waals surface area contributed by atoms with E-state index in [1.165, 1.54) is 6.07 Å². The molecule has 94 valence electrons. The molecule has 0 unspecified atom stereocenters. The predicted molar refractivity (Wildman–Crippen MR) is 68.2 cm³/mol. The Morgan fingerprint density at radius 1 is 1.47 bits per heavy atom. The molecule has 0 radical (unpaired) electrons. The van der Waals surface area contributed by atoms with E-state index in [1.54, 1.807) is 6.07 Å². The van der Waals surface area contributed by atoms with Crippen LogP contribution in [0.25, 0.3) is 0 Å². The SMILES string of the molecule is CC1(C)COCCN1c1cccc(F)c1CCl. The Bertz CT molecular complexity index is 408. The average Bonchev–Trinajstić information content (AvgIpc) is 2.28. The Hall–Kier alpha value is -0.800. The van der Waals surface area contributed by atoms with E-state index in [9.17, 15) is 4.39 Å². The summed E-state index contributed by atoms with van der Waals surface area (Å²) in [6.45, 7) is 6.26. The number of nitrogens with zero attached hydrogens (tertiary/aromatic N) is 1. The quantitative estimate of drug-likeness (QED) is 0.755. The van der Waals surface area contributed by atoms with Gasteiger partial charge in [0.05, 0.1) is 24.6 Å². The molecule has 0 aliphatic carbocycles. The van der Waals surface area contributed by atoms with Crippen LogP contribution in [0.5, 0.6) is 0 Å². The fourth-order valence-electron chi connectivity index (χ4n) is 2.24. The largest absolute Gasteiger partial charge is 0.377 e. The highest BCUT2D eigenvalue weighted by Gasteiger charge is 2.32. The van der Waals surface area contributed by atoms with Crippen molar-refractivity contribution < 1.29 is 9.13 Å². The molecule has 1 heterocycles. The molecule has 0 spiro atoms. The third-order valence-corrected chi connectivity index (χ3v) is 3.43. The molecule has 0 aromatic heterocycles. The smallest absolute Gasteiger partial charge is 0.129 e. The van der Waals surface area contributed by atoms with Crippen LogP contribution >= 0.6 is 11.6 Å². The van der Waals surface area contributed by atoms with Gasteiger partial charge in [-0.3, -0.25) is 0 Å². The van der Waals surface area contributed by atoms with Gasteiger partial charge < -0.3 is 9.64 Å². The molecule has 0 atom stereocenters. The first-order valence-corrected chi connectivity index (χ1v) is 6.28.